The first-order valence-corrected chi connectivity index (χ1v) is 6.95. The molecular weight excluding hydrogens is 301 g/mol. The summed E-state index contributed by atoms with van der Waals surface area (Å²) >= 11 is 0. The predicted octanol–water partition coefficient (Wildman–Crippen LogP) is 1.62. The molecule has 7 nitrogen and oxygen atoms in total. The van der Waals surface area contributed by atoms with Crippen molar-refractivity contribution in [3.63, 3.8) is 0 Å². The zero-order chi connectivity index (χ0) is 16.2. The van der Waals surface area contributed by atoms with E-state index >= 15 is 0 Å². The molecule has 1 N–H and O–H groups in total. The van der Waals surface area contributed by atoms with Crippen LogP contribution in [0.5, 0.6) is 0 Å². The highest BCUT2D eigenvalue weighted by Gasteiger charge is 2.24. The van der Waals surface area contributed by atoms with Gasteiger partial charge in [-0.15, -0.1) is 0 Å². The Bertz CT molecular complexity index is 800. The smallest absolute Gasteiger partial charge is 0.242 e. The van der Waals surface area contributed by atoms with E-state index in [0.717, 1.165) is 0 Å². The van der Waals surface area contributed by atoms with Crippen LogP contribution in [0.15, 0.2) is 47.2 Å². The number of rotatable bonds is 5. The summed E-state index contributed by atoms with van der Waals surface area (Å²) in [5, 5.41) is 10.5. The molecule has 3 aromatic rings. The van der Waals surface area contributed by atoms with Gasteiger partial charge in [0.15, 0.2) is 5.82 Å². The third-order valence-electron chi connectivity index (χ3n) is 3.19. The zero-order valence-corrected chi connectivity index (χ0v) is 12.3. The number of aromatic nitrogens is 4. The number of nitrogens with one attached hydrogen (secondary N) is 1. The van der Waals surface area contributed by atoms with Crippen molar-refractivity contribution >= 4 is 5.91 Å². The second-order valence-electron chi connectivity index (χ2n) is 4.90. The average molecular weight is 315 g/mol. The quantitative estimate of drug-likeness (QED) is 0.773. The summed E-state index contributed by atoms with van der Waals surface area (Å²) in [5.41, 5.74) is 0.266. The lowest BCUT2D eigenvalue weighted by atomic mass is 10.1. The third kappa shape index (κ3) is 3.42. The molecule has 1 atom stereocenters. The first-order chi connectivity index (χ1) is 11.1. The van der Waals surface area contributed by atoms with E-state index < -0.39 is 11.9 Å². The Morgan fingerprint density at radius 1 is 1.39 bits per heavy atom. The lowest BCUT2D eigenvalue weighted by Crippen LogP contribution is -2.33. The molecule has 2 heterocycles. The largest absolute Gasteiger partial charge is 0.340 e. The molecule has 0 saturated heterocycles. The van der Waals surface area contributed by atoms with Crippen molar-refractivity contribution in [2.24, 2.45) is 0 Å². The molecule has 0 fully saturated rings. The molecule has 0 saturated carbocycles. The molecular formula is C15H14FN5O2. The van der Waals surface area contributed by atoms with Crippen molar-refractivity contribution in [3.05, 3.63) is 65.8 Å². The topological polar surface area (TPSA) is 85.8 Å². The van der Waals surface area contributed by atoms with Gasteiger partial charge in [0, 0.05) is 24.9 Å². The fraction of sp³-hybridized carbons (Fsp3) is 0.200. The van der Waals surface area contributed by atoms with Crippen LogP contribution in [0.1, 0.15) is 23.3 Å². The molecule has 23 heavy (non-hydrogen) atoms. The van der Waals surface area contributed by atoms with Gasteiger partial charge in [0.05, 0.1) is 0 Å². The van der Waals surface area contributed by atoms with Crippen molar-refractivity contribution in [2.45, 2.75) is 19.5 Å². The summed E-state index contributed by atoms with van der Waals surface area (Å²) in [4.78, 5) is 16.3. The minimum Gasteiger partial charge on any atom is -0.340 e. The van der Waals surface area contributed by atoms with Crippen molar-refractivity contribution in [2.75, 3.05) is 0 Å². The maximum absolute atomic E-state index is 14.1. The number of nitrogens with zero attached hydrogens (tertiary/aromatic N) is 4. The van der Waals surface area contributed by atoms with Gasteiger partial charge in [-0.05, 0) is 12.1 Å². The number of benzene rings is 1. The predicted molar refractivity (Wildman–Crippen MR) is 77.6 cm³/mol. The zero-order valence-electron chi connectivity index (χ0n) is 12.3. The van der Waals surface area contributed by atoms with E-state index in [9.17, 15) is 9.18 Å². The number of aryl methyl sites for hydroxylation is 1. The van der Waals surface area contributed by atoms with E-state index in [1.807, 2.05) is 0 Å². The molecule has 1 amide bonds. The maximum Gasteiger partial charge on any atom is 0.242 e. The van der Waals surface area contributed by atoms with Crippen molar-refractivity contribution < 1.29 is 13.7 Å². The Hall–Kier alpha value is -3.03. The lowest BCUT2D eigenvalue weighted by Gasteiger charge is -2.16. The van der Waals surface area contributed by atoms with Gasteiger partial charge in [0.25, 0.3) is 0 Å². The molecule has 118 valence electrons. The Morgan fingerprint density at radius 3 is 2.87 bits per heavy atom. The van der Waals surface area contributed by atoms with Crippen molar-refractivity contribution in [1.29, 1.82) is 0 Å². The number of amides is 1. The highest BCUT2D eigenvalue weighted by molar-refractivity contribution is 5.76. The second kappa shape index (κ2) is 6.39. The minimum atomic E-state index is -0.836. The van der Waals surface area contributed by atoms with E-state index in [1.54, 1.807) is 43.6 Å². The van der Waals surface area contributed by atoms with Gasteiger partial charge in [-0.25, -0.2) is 4.39 Å². The Kier molecular flexibility index (Phi) is 4.13. The summed E-state index contributed by atoms with van der Waals surface area (Å²) in [6.07, 6.45) is 3.24. The van der Waals surface area contributed by atoms with Crippen LogP contribution >= 0.6 is 0 Å². The number of hydrogen-bond acceptors (Lipinski definition) is 5. The van der Waals surface area contributed by atoms with Gasteiger partial charge in [0.2, 0.25) is 11.8 Å². The summed E-state index contributed by atoms with van der Waals surface area (Å²) in [7, 11) is 0. The van der Waals surface area contributed by atoms with Gasteiger partial charge in [-0.3, -0.25) is 9.48 Å². The fourth-order valence-electron chi connectivity index (χ4n) is 2.17. The van der Waals surface area contributed by atoms with Crippen LogP contribution in [0.25, 0.3) is 0 Å². The number of carbonyl (C=O) groups is 1. The lowest BCUT2D eigenvalue weighted by molar-refractivity contribution is -0.122. The minimum absolute atomic E-state index is 0.00872. The standard InChI is InChI=1S/C15H14FN5O2/c1-10-18-15(20-23-10)14(11-5-2-3-6-12(11)16)19-13(22)9-21-8-4-7-17-21/h2-8,14H,9H2,1H3,(H,19,22). The molecule has 8 heteroatoms. The molecule has 0 aliphatic rings. The highest BCUT2D eigenvalue weighted by Crippen LogP contribution is 2.22. The third-order valence-corrected chi connectivity index (χ3v) is 3.19. The first kappa shape index (κ1) is 14.9. The summed E-state index contributed by atoms with van der Waals surface area (Å²) < 4.78 is 20.5. The molecule has 0 aliphatic heterocycles. The van der Waals surface area contributed by atoms with Crippen LogP contribution in [0.4, 0.5) is 4.39 Å². The van der Waals surface area contributed by atoms with Crippen LogP contribution in [-0.4, -0.2) is 25.8 Å². The first-order valence-electron chi connectivity index (χ1n) is 6.95. The molecule has 0 spiro atoms. The van der Waals surface area contributed by atoms with Gasteiger partial charge in [-0.1, -0.05) is 23.4 Å². The molecule has 0 bridgehead atoms. The fourth-order valence-corrected chi connectivity index (χ4v) is 2.17. The highest BCUT2D eigenvalue weighted by atomic mass is 19.1. The summed E-state index contributed by atoms with van der Waals surface area (Å²) in [5.74, 6) is -0.271. The number of carbonyl (C=O) groups excluding carboxylic acids is 1. The van der Waals surface area contributed by atoms with Crippen LogP contribution in [-0.2, 0) is 11.3 Å². The van der Waals surface area contributed by atoms with Crippen LogP contribution in [0.2, 0.25) is 0 Å². The van der Waals surface area contributed by atoms with Crippen molar-refractivity contribution in [3.8, 4) is 0 Å². The molecule has 3 rings (SSSR count). The summed E-state index contributed by atoms with van der Waals surface area (Å²) in [6.45, 7) is 1.63. The monoisotopic (exact) mass is 315 g/mol. The normalized spacial score (nSPS) is 12.1. The Balaban J connectivity index is 1.86. The molecule has 1 unspecified atom stereocenters. The number of halogens is 1. The van der Waals surface area contributed by atoms with Crippen LogP contribution < -0.4 is 5.32 Å². The molecule has 0 aliphatic carbocycles. The maximum atomic E-state index is 14.1. The van der Waals surface area contributed by atoms with E-state index in [2.05, 4.69) is 20.6 Å². The molecule has 1 aromatic carbocycles. The van der Waals surface area contributed by atoms with E-state index in [-0.39, 0.29) is 23.8 Å². The van der Waals surface area contributed by atoms with Gasteiger partial charge < -0.3 is 9.84 Å². The van der Waals surface area contributed by atoms with Crippen LogP contribution in [0, 0.1) is 12.7 Å². The Morgan fingerprint density at radius 2 is 2.22 bits per heavy atom. The second-order valence-corrected chi connectivity index (χ2v) is 4.90. The molecule has 2 aromatic heterocycles. The van der Waals surface area contributed by atoms with Gasteiger partial charge in [0.1, 0.15) is 18.4 Å². The van der Waals surface area contributed by atoms with Gasteiger partial charge in [-0.2, -0.15) is 10.1 Å². The van der Waals surface area contributed by atoms with Gasteiger partial charge >= 0.3 is 0 Å². The summed E-state index contributed by atoms with van der Waals surface area (Å²) in [6, 6.07) is 7.01. The molecule has 0 radical (unpaired) electrons. The van der Waals surface area contributed by atoms with Crippen molar-refractivity contribution in [1.82, 2.24) is 25.2 Å². The van der Waals surface area contributed by atoms with E-state index in [1.165, 1.54) is 10.7 Å². The number of hydrogen-bond donors (Lipinski definition) is 1. The van der Waals surface area contributed by atoms with E-state index in [4.69, 9.17) is 4.52 Å². The van der Waals surface area contributed by atoms with E-state index in [0.29, 0.717) is 5.89 Å². The Labute approximate surface area is 131 Å². The average Bonchev–Trinajstić information content (AvgIpc) is 3.17. The SMILES string of the molecule is Cc1nc(C(NC(=O)Cn2cccn2)c2ccccc2F)no1. The van der Waals surface area contributed by atoms with Crippen LogP contribution in [0.3, 0.4) is 0 Å².